The Morgan fingerprint density at radius 2 is 0.742 bits per heavy atom. The van der Waals surface area contributed by atoms with Crippen molar-refractivity contribution in [1.82, 2.24) is 27.8 Å². The average Bonchev–Trinajstić information content (AvgIpc) is 4.12. The number of para-hydroxylation sites is 7. The summed E-state index contributed by atoms with van der Waals surface area (Å²) in [4.78, 5) is 5.40. The molecule has 0 bridgehead atoms. The van der Waals surface area contributed by atoms with E-state index in [1.165, 1.54) is 65.2 Å². The zero-order valence-corrected chi connectivity index (χ0v) is 33.7. The highest BCUT2D eigenvalue weighted by molar-refractivity contribution is 6.27. The molecule has 0 fully saturated rings. The van der Waals surface area contributed by atoms with Gasteiger partial charge >= 0.3 is 0 Å². The fourth-order valence-corrected chi connectivity index (χ4v) is 10.7. The zero-order chi connectivity index (χ0) is 40.6. The number of nitrogens with zero attached hydrogens (tertiary/aromatic N) is 6. The molecule has 0 unspecified atom stereocenters. The lowest BCUT2D eigenvalue weighted by Gasteiger charge is -2.11. The van der Waals surface area contributed by atoms with Crippen molar-refractivity contribution in [2.24, 2.45) is 7.05 Å². The molecule has 0 N–H and O–H groups in total. The van der Waals surface area contributed by atoms with Gasteiger partial charge in [0.1, 0.15) is 0 Å². The molecule has 9 aromatic carbocycles. The molecule has 0 aliphatic rings. The molecule has 0 amide bonds. The quantitative estimate of drug-likeness (QED) is 0.175. The summed E-state index contributed by atoms with van der Waals surface area (Å²) >= 11 is 0. The van der Waals surface area contributed by atoms with Crippen LogP contribution >= 0.6 is 0 Å². The fourth-order valence-electron chi connectivity index (χ4n) is 10.7. The molecule has 14 aromatic rings. The summed E-state index contributed by atoms with van der Waals surface area (Å²) in [5.41, 5.74) is 14.7. The maximum Gasteiger partial charge on any atom is 0.215 e. The first-order valence-electron chi connectivity index (χ1n) is 21.2. The summed E-state index contributed by atoms with van der Waals surface area (Å²) in [5.74, 6) is 0.877. The second kappa shape index (κ2) is 12.3. The maximum atomic E-state index is 5.40. The highest BCUT2D eigenvalue weighted by Crippen LogP contribution is 2.44. The monoisotopic (exact) mass is 792 g/mol. The van der Waals surface area contributed by atoms with Crippen molar-refractivity contribution in [1.29, 1.82) is 0 Å². The molecule has 0 atom stereocenters. The molecule has 0 aliphatic heterocycles. The van der Waals surface area contributed by atoms with Crippen molar-refractivity contribution in [2.75, 3.05) is 0 Å². The second-order valence-corrected chi connectivity index (χ2v) is 16.5. The summed E-state index contributed by atoms with van der Waals surface area (Å²) in [6.45, 7) is 0. The summed E-state index contributed by atoms with van der Waals surface area (Å²) in [5, 5.41) is 9.71. The Balaban J connectivity index is 1.16. The third-order valence-corrected chi connectivity index (χ3v) is 13.3. The maximum absolute atomic E-state index is 5.40. The van der Waals surface area contributed by atoms with Crippen molar-refractivity contribution < 1.29 is 0 Å². The Hall–Kier alpha value is -8.35. The molecule has 0 saturated carbocycles. The minimum atomic E-state index is 0.877. The lowest BCUT2D eigenvalue weighted by Crippen LogP contribution is -2.03. The van der Waals surface area contributed by atoms with E-state index in [9.17, 15) is 0 Å². The van der Waals surface area contributed by atoms with Gasteiger partial charge in [-0.25, -0.2) is 4.98 Å². The Morgan fingerprint density at radius 3 is 1.31 bits per heavy atom. The minimum Gasteiger partial charge on any atom is -0.313 e. The smallest absolute Gasteiger partial charge is 0.215 e. The van der Waals surface area contributed by atoms with Gasteiger partial charge in [-0.3, -0.25) is 4.57 Å². The standard InChI is InChI=1S/C56H36N6/c1-58-52-26-14-9-21-45(52)57-56(58)62-50-30-27-36(60-46-22-10-5-17-38(46)39-18-6-11-23-47(39)60)33-43(50)42-29-32-53-54(55(42)62)44-34-37(28-31-51(44)59(53)35-15-3-2-4-16-35)61-48-24-12-7-19-40(48)41-20-8-13-25-49(41)61/h2-34H,1H3. The van der Waals surface area contributed by atoms with E-state index in [-0.39, 0.29) is 0 Å². The predicted molar refractivity (Wildman–Crippen MR) is 258 cm³/mol. The van der Waals surface area contributed by atoms with Gasteiger partial charge in [-0.2, -0.15) is 0 Å². The molecular weight excluding hydrogens is 757 g/mol. The molecule has 0 saturated heterocycles. The number of hydrogen-bond donors (Lipinski definition) is 0. The zero-order valence-electron chi connectivity index (χ0n) is 33.7. The number of fused-ring (bicyclic) bond motifs is 14. The lowest BCUT2D eigenvalue weighted by atomic mass is 10.1. The number of hydrogen-bond acceptors (Lipinski definition) is 1. The molecule has 6 heteroatoms. The van der Waals surface area contributed by atoms with Gasteiger partial charge < -0.3 is 18.3 Å². The Morgan fingerprint density at radius 1 is 0.306 bits per heavy atom. The molecule has 14 rings (SSSR count). The SMILES string of the molecule is Cn1c(-n2c3ccc(-n4c5ccccc5c5ccccc54)cc3c3ccc4c(c5cc(-n6c7ccccc7c7ccccc76)ccc5n4-c4ccccc4)c32)nc2ccccc21. The van der Waals surface area contributed by atoms with E-state index in [0.29, 0.717) is 0 Å². The number of benzene rings is 9. The van der Waals surface area contributed by atoms with Crippen LogP contribution in [0.1, 0.15) is 0 Å². The van der Waals surface area contributed by atoms with E-state index in [1.54, 1.807) is 0 Å². The van der Waals surface area contributed by atoms with Crippen LogP contribution in [0, 0.1) is 0 Å². The Kier molecular flexibility index (Phi) is 6.67. The largest absolute Gasteiger partial charge is 0.313 e. The molecular formula is C56H36N6. The van der Waals surface area contributed by atoms with Crippen LogP contribution in [0.25, 0.3) is 121 Å². The molecule has 5 aromatic heterocycles. The van der Waals surface area contributed by atoms with Gasteiger partial charge in [-0.1, -0.05) is 109 Å². The van der Waals surface area contributed by atoms with Crippen molar-refractivity contribution in [2.45, 2.75) is 0 Å². The summed E-state index contributed by atoms with van der Waals surface area (Å²) in [6.07, 6.45) is 0. The van der Waals surface area contributed by atoms with Gasteiger partial charge in [0.15, 0.2) is 0 Å². The molecule has 5 heterocycles. The summed E-state index contributed by atoms with van der Waals surface area (Å²) in [7, 11) is 2.14. The summed E-state index contributed by atoms with van der Waals surface area (Å²) < 4.78 is 11.9. The first-order chi connectivity index (χ1) is 30.7. The van der Waals surface area contributed by atoms with Crippen LogP contribution in [0.5, 0.6) is 0 Å². The molecule has 0 spiro atoms. The second-order valence-electron chi connectivity index (χ2n) is 16.5. The topological polar surface area (TPSA) is 37.5 Å². The van der Waals surface area contributed by atoms with E-state index in [0.717, 1.165) is 56.1 Å². The number of aryl methyl sites for hydroxylation is 1. The number of imidazole rings is 1. The van der Waals surface area contributed by atoms with Gasteiger partial charge in [0, 0.05) is 67.2 Å². The first kappa shape index (κ1) is 33.5. The number of aromatic nitrogens is 6. The highest BCUT2D eigenvalue weighted by Gasteiger charge is 2.25. The van der Waals surface area contributed by atoms with Crippen molar-refractivity contribution in [3.63, 3.8) is 0 Å². The lowest BCUT2D eigenvalue weighted by molar-refractivity contribution is 0.871. The van der Waals surface area contributed by atoms with Gasteiger partial charge in [-0.15, -0.1) is 0 Å². The molecule has 290 valence electrons. The van der Waals surface area contributed by atoms with Crippen LogP contribution < -0.4 is 0 Å². The predicted octanol–water partition coefficient (Wildman–Crippen LogP) is 14.0. The molecule has 62 heavy (non-hydrogen) atoms. The summed E-state index contributed by atoms with van der Waals surface area (Å²) in [6, 6.07) is 72.9. The van der Waals surface area contributed by atoms with Crippen LogP contribution in [0.2, 0.25) is 0 Å². The van der Waals surface area contributed by atoms with E-state index in [1.807, 2.05) is 0 Å². The Bertz CT molecular complexity index is 4060. The van der Waals surface area contributed by atoms with Crippen LogP contribution in [0.15, 0.2) is 200 Å². The number of rotatable bonds is 4. The van der Waals surface area contributed by atoms with Crippen LogP contribution in [-0.4, -0.2) is 27.8 Å². The van der Waals surface area contributed by atoms with Crippen molar-refractivity contribution in [3.8, 4) is 23.0 Å². The van der Waals surface area contributed by atoms with Crippen LogP contribution in [-0.2, 0) is 7.05 Å². The highest BCUT2D eigenvalue weighted by atomic mass is 15.2. The van der Waals surface area contributed by atoms with Crippen LogP contribution in [0.3, 0.4) is 0 Å². The van der Waals surface area contributed by atoms with Gasteiger partial charge in [0.2, 0.25) is 5.95 Å². The van der Waals surface area contributed by atoms with Gasteiger partial charge in [0.25, 0.3) is 0 Å². The van der Waals surface area contributed by atoms with E-state index >= 15 is 0 Å². The van der Waals surface area contributed by atoms with Gasteiger partial charge in [0.05, 0.1) is 55.2 Å². The fraction of sp³-hybridized carbons (Fsp3) is 0.0179. The van der Waals surface area contributed by atoms with E-state index < -0.39 is 0 Å². The minimum absolute atomic E-state index is 0.877. The third-order valence-electron chi connectivity index (χ3n) is 13.3. The first-order valence-corrected chi connectivity index (χ1v) is 21.2. The van der Waals surface area contributed by atoms with Crippen molar-refractivity contribution >= 4 is 98.3 Å². The van der Waals surface area contributed by atoms with Crippen molar-refractivity contribution in [3.05, 3.63) is 200 Å². The molecule has 0 aliphatic carbocycles. The normalized spacial score (nSPS) is 12.3. The average molecular weight is 793 g/mol. The van der Waals surface area contributed by atoms with Crippen LogP contribution in [0.4, 0.5) is 0 Å². The van der Waals surface area contributed by atoms with E-state index in [2.05, 4.69) is 230 Å². The third kappa shape index (κ3) is 4.39. The Labute approximate surface area is 354 Å². The van der Waals surface area contributed by atoms with E-state index in [4.69, 9.17) is 4.98 Å². The molecule has 0 radical (unpaired) electrons. The molecule has 6 nitrogen and oxygen atoms in total. The van der Waals surface area contributed by atoms with Gasteiger partial charge in [-0.05, 0) is 91.0 Å².